The lowest BCUT2D eigenvalue weighted by molar-refractivity contribution is -0.894. The number of aryl methyl sites for hydroxylation is 1. The van der Waals surface area contributed by atoms with E-state index >= 15 is 0 Å². The molecule has 0 amide bonds. The molecule has 0 fully saturated rings. The Kier molecular flexibility index (Phi) is 6.44. The maximum atomic E-state index is 2.32. The molecule has 0 spiro atoms. The number of rotatable bonds is 4. The highest BCUT2D eigenvalue weighted by Gasteiger charge is 2.17. The molecule has 1 aromatic rings. The normalized spacial score (nSPS) is 13.1. The van der Waals surface area contributed by atoms with Gasteiger partial charge in [0, 0.05) is 6.42 Å². The Bertz CT molecular complexity index is 264. The second kappa shape index (κ2) is 6.48. The zero-order valence-electron chi connectivity index (χ0n) is 10.2. The number of hydrogen-bond acceptors (Lipinski definition) is 0. The Balaban J connectivity index is 0.00000196. The third kappa shape index (κ3) is 5.52. The van der Waals surface area contributed by atoms with Crippen LogP contribution in [0.1, 0.15) is 18.9 Å². The first kappa shape index (κ1) is 14.9. The van der Waals surface area contributed by atoms with E-state index in [4.69, 9.17) is 0 Å². The van der Waals surface area contributed by atoms with E-state index in [-0.39, 0.29) is 24.0 Å². The number of benzene rings is 1. The van der Waals surface area contributed by atoms with E-state index in [0.717, 1.165) is 10.5 Å². The molecule has 1 rings (SSSR count). The molecule has 0 aliphatic rings. The molecule has 0 heterocycles. The van der Waals surface area contributed by atoms with Crippen molar-refractivity contribution in [3.8, 4) is 0 Å². The predicted octanol–water partition coefficient (Wildman–Crippen LogP) is -0.282. The summed E-state index contributed by atoms with van der Waals surface area (Å²) in [7, 11) is 6.78. The fraction of sp³-hybridized carbons (Fsp3) is 0.538. The number of hydrogen-bond donors (Lipinski definition) is 0. The van der Waals surface area contributed by atoms with Crippen LogP contribution in [0.15, 0.2) is 30.3 Å². The van der Waals surface area contributed by atoms with Gasteiger partial charge >= 0.3 is 0 Å². The fourth-order valence-electron chi connectivity index (χ4n) is 1.41. The minimum absolute atomic E-state index is 0. The summed E-state index contributed by atoms with van der Waals surface area (Å²) in [6, 6.07) is 11.4. The highest BCUT2D eigenvalue weighted by Crippen LogP contribution is 2.11. The van der Waals surface area contributed by atoms with E-state index in [2.05, 4.69) is 58.4 Å². The second-order valence-corrected chi connectivity index (χ2v) is 4.99. The van der Waals surface area contributed by atoms with Gasteiger partial charge in [-0.25, -0.2) is 0 Å². The molecule has 0 bridgehead atoms. The number of quaternary nitrogens is 1. The summed E-state index contributed by atoms with van der Waals surface area (Å²) in [6.45, 7) is 2.32. The number of nitrogens with zero attached hydrogens (tertiary/aromatic N) is 1. The lowest BCUT2D eigenvalue weighted by Crippen LogP contribution is -3.00. The minimum atomic E-state index is 0. The average molecular weight is 319 g/mol. The van der Waals surface area contributed by atoms with Crippen molar-refractivity contribution in [3.63, 3.8) is 0 Å². The molecular formula is C13H22IN. The lowest BCUT2D eigenvalue weighted by atomic mass is 10.1. The van der Waals surface area contributed by atoms with Crippen molar-refractivity contribution in [1.82, 2.24) is 0 Å². The maximum Gasteiger partial charge on any atom is 0.0858 e. The topological polar surface area (TPSA) is 0 Å². The van der Waals surface area contributed by atoms with Crippen molar-refractivity contribution < 1.29 is 28.5 Å². The monoisotopic (exact) mass is 319 g/mol. The first-order chi connectivity index (χ1) is 6.50. The standard InChI is InChI=1S/C13H22N.HI/c1-12(14(2,3)4)10-11-13-8-6-5-7-9-13;/h5-9,12H,10-11H2,1-4H3;1H/q+1;/p-1. The van der Waals surface area contributed by atoms with Gasteiger partial charge in [0.15, 0.2) is 0 Å². The van der Waals surface area contributed by atoms with Crippen LogP contribution in [0.5, 0.6) is 0 Å². The summed E-state index contributed by atoms with van der Waals surface area (Å²) >= 11 is 0. The highest BCUT2D eigenvalue weighted by atomic mass is 127. The first-order valence-corrected chi connectivity index (χ1v) is 5.35. The molecule has 0 aliphatic carbocycles. The Morgan fingerprint density at radius 1 is 1.07 bits per heavy atom. The third-order valence-corrected chi connectivity index (χ3v) is 3.02. The fourth-order valence-corrected chi connectivity index (χ4v) is 1.41. The van der Waals surface area contributed by atoms with Crippen molar-refractivity contribution in [2.75, 3.05) is 21.1 Å². The van der Waals surface area contributed by atoms with Gasteiger partial charge in [-0.1, -0.05) is 30.3 Å². The summed E-state index contributed by atoms with van der Waals surface area (Å²) in [6.07, 6.45) is 2.45. The second-order valence-electron chi connectivity index (χ2n) is 4.99. The molecule has 1 atom stereocenters. The largest absolute Gasteiger partial charge is 1.00 e. The molecule has 0 aliphatic heterocycles. The van der Waals surface area contributed by atoms with Crippen LogP contribution in [0, 0.1) is 0 Å². The molecule has 1 unspecified atom stereocenters. The van der Waals surface area contributed by atoms with Crippen molar-refractivity contribution in [2.45, 2.75) is 25.8 Å². The van der Waals surface area contributed by atoms with Gasteiger partial charge in [0.2, 0.25) is 0 Å². The van der Waals surface area contributed by atoms with Gasteiger partial charge in [0.05, 0.1) is 27.2 Å². The van der Waals surface area contributed by atoms with Crippen LogP contribution in [-0.4, -0.2) is 31.7 Å². The van der Waals surface area contributed by atoms with Gasteiger partial charge in [-0.05, 0) is 18.9 Å². The Morgan fingerprint density at radius 2 is 1.60 bits per heavy atom. The van der Waals surface area contributed by atoms with Gasteiger partial charge in [-0.3, -0.25) is 0 Å². The maximum absolute atomic E-state index is 2.32. The molecule has 0 radical (unpaired) electrons. The van der Waals surface area contributed by atoms with Gasteiger partial charge in [-0.2, -0.15) is 0 Å². The molecule has 1 nitrogen and oxygen atoms in total. The summed E-state index contributed by atoms with van der Waals surface area (Å²) in [4.78, 5) is 0. The van der Waals surface area contributed by atoms with Crippen molar-refractivity contribution >= 4 is 0 Å². The van der Waals surface area contributed by atoms with Crippen molar-refractivity contribution in [3.05, 3.63) is 35.9 Å². The number of halogens is 1. The van der Waals surface area contributed by atoms with Gasteiger partial charge in [-0.15, -0.1) is 0 Å². The van der Waals surface area contributed by atoms with Crippen LogP contribution in [0.3, 0.4) is 0 Å². The zero-order valence-corrected chi connectivity index (χ0v) is 12.4. The third-order valence-electron chi connectivity index (χ3n) is 3.02. The molecular weight excluding hydrogens is 297 g/mol. The molecule has 0 saturated carbocycles. The first-order valence-electron chi connectivity index (χ1n) is 5.35. The van der Waals surface area contributed by atoms with Crippen molar-refractivity contribution in [2.24, 2.45) is 0 Å². The molecule has 15 heavy (non-hydrogen) atoms. The average Bonchev–Trinajstić information content (AvgIpc) is 2.14. The van der Waals surface area contributed by atoms with E-state index in [1.807, 2.05) is 0 Å². The van der Waals surface area contributed by atoms with Crippen molar-refractivity contribution in [1.29, 1.82) is 0 Å². The van der Waals surface area contributed by atoms with Crippen LogP contribution < -0.4 is 24.0 Å². The van der Waals surface area contributed by atoms with E-state index in [9.17, 15) is 0 Å². The lowest BCUT2D eigenvalue weighted by Gasteiger charge is -2.31. The minimum Gasteiger partial charge on any atom is -1.00 e. The summed E-state index contributed by atoms with van der Waals surface area (Å²) in [5, 5.41) is 0. The molecule has 0 aromatic heterocycles. The highest BCUT2D eigenvalue weighted by molar-refractivity contribution is 5.14. The van der Waals surface area contributed by atoms with E-state index in [0.29, 0.717) is 0 Å². The van der Waals surface area contributed by atoms with Crippen LogP contribution >= 0.6 is 0 Å². The Hall–Kier alpha value is -0.0900. The molecule has 86 valence electrons. The molecule has 1 aromatic carbocycles. The quantitative estimate of drug-likeness (QED) is 0.529. The zero-order chi connectivity index (χ0) is 10.6. The molecule has 0 saturated heterocycles. The van der Waals surface area contributed by atoms with E-state index < -0.39 is 0 Å². The summed E-state index contributed by atoms with van der Waals surface area (Å²) < 4.78 is 1.05. The van der Waals surface area contributed by atoms with E-state index in [1.54, 1.807) is 0 Å². The van der Waals surface area contributed by atoms with Crippen LogP contribution in [0.25, 0.3) is 0 Å². The van der Waals surface area contributed by atoms with Crippen LogP contribution in [0.2, 0.25) is 0 Å². The Labute approximate surface area is 111 Å². The Morgan fingerprint density at radius 3 is 2.07 bits per heavy atom. The SMILES string of the molecule is CC(CCc1ccccc1)[N+](C)(C)C.[I-]. The summed E-state index contributed by atoms with van der Waals surface area (Å²) in [5.41, 5.74) is 1.45. The van der Waals surface area contributed by atoms with Gasteiger partial charge in [0.25, 0.3) is 0 Å². The molecule has 0 N–H and O–H groups in total. The summed E-state index contributed by atoms with van der Waals surface area (Å²) in [5.74, 6) is 0. The van der Waals surface area contributed by atoms with Crippen LogP contribution in [0.4, 0.5) is 0 Å². The van der Waals surface area contributed by atoms with Gasteiger partial charge < -0.3 is 28.5 Å². The van der Waals surface area contributed by atoms with E-state index in [1.165, 1.54) is 18.4 Å². The smallest absolute Gasteiger partial charge is 0.0858 e. The van der Waals surface area contributed by atoms with Crippen LogP contribution in [-0.2, 0) is 6.42 Å². The molecule has 2 heteroatoms. The van der Waals surface area contributed by atoms with Gasteiger partial charge in [0.1, 0.15) is 0 Å². The predicted molar refractivity (Wildman–Crippen MR) is 62.3 cm³/mol.